The minimum Gasteiger partial charge on any atom is -0.493 e. The number of nitrogen functional groups attached to an aromatic ring is 1. The second-order valence-electron chi connectivity index (χ2n) is 3.74. The maximum atomic E-state index is 11.6. The van der Waals surface area contributed by atoms with Gasteiger partial charge in [0, 0.05) is 18.8 Å². The molecule has 0 saturated heterocycles. The molecule has 0 aliphatic carbocycles. The highest BCUT2D eigenvalue weighted by atomic mass is 16.5. The van der Waals surface area contributed by atoms with E-state index < -0.39 is 18.0 Å². The van der Waals surface area contributed by atoms with Gasteiger partial charge in [-0.25, -0.2) is 4.79 Å². The molecule has 0 aromatic heterocycles. The number of methoxy groups -OCH3 is 1. The van der Waals surface area contributed by atoms with Gasteiger partial charge in [0.15, 0.2) is 17.6 Å². The smallest absolute Gasteiger partial charge is 0.321 e. The number of rotatable bonds is 4. The number of carbonyl (C=O) groups excluding carboxylic acids is 2. The fourth-order valence-electron chi connectivity index (χ4n) is 1.31. The van der Waals surface area contributed by atoms with E-state index in [2.05, 4.69) is 10.6 Å². The van der Waals surface area contributed by atoms with Crippen LogP contribution in [0.4, 0.5) is 10.5 Å². The molecular weight excluding hydrogens is 250 g/mol. The Bertz CT molecular complexity index is 476. The molecule has 1 unspecified atom stereocenters. The summed E-state index contributed by atoms with van der Waals surface area (Å²) in [5.74, 6) is 0.222. The quantitative estimate of drug-likeness (QED) is 0.689. The first-order valence-corrected chi connectivity index (χ1v) is 5.60. The number of imide groups is 1. The summed E-state index contributed by atoms with van der Waals surface area (Å²) in [7, 11) is 2.89. The average Bonchev–Trinajstić information content (AvgIpc) is 2.38. The number of nitrogens with two attached hydrogens (primary N) is 1. The van der Waals surface area contributed by atoms with E-state index in [1.54, 1.807) is 18.2 Å². The SMILES string of the molecule is CNC(=O)NC(=O)C(C)Oc1cc(N)ccc1OC. The molecule has 0 aliphatic heterocycles. The van der Waals surface area contributed by atoms with Crippen LogP contribution in [-0.4, -0.2) is 32.2 Å². The zero-order valence-electron chi connectivity index (χ0n) is 11.0. The van der Waals surface area contributed by atoms with Gasteiger partial charge in [-0.05, 0) is 19.1 Å². The lowest BCUT2D eigenvalue weighted by atomic mass is 10.2. The van der Waals surface area contributed by atoms with Crippen molar-refractivity contribution < 1.29 is 19.1 Å². The lowest BCUT2D eigenvalue weighted by molar-refractivity contribution is -0.126. The van der Waals surface area contributed by atoms with Crippen molar-refractivity contribution >= 4 is 17.6 Å². The van der Waals surface area contributed by atoms with Crippen molar-refractivity contribution in [3.05, 3.63) is 18.2 Å². The summed E-state index contributed by atoms with van der Waals surface area (Å²) in [5, 5.41) is 4.39. The summed E-state index contributed by atoms with van der Waals surface area (Å²) in [4.78, 5) is 22.6. The number of nitrogens with one attached hydrogen (secondary N) is 2. The first-order valence-electron chi connectivity index (χ1n) is 5.60. The maximum Gasteiger partial charge on any atom is 0.321 e. The van der Waals surface area contributed by atoms with Gasteiger partial charge in [-0.2, -0.15) is 0 Å². The second kappa shape index (κ2) is 6.48. The molecule has 0 fully saturated rings. The monoisotopic (exact) mass is 267 g/mol. The van der Waals surface area contributed by atoms with Crippen LogP contribution in [0.1, 0.15) is 6.92 Å². The Labute approximate surface area is 111 Å². The van der Waals surface area contributed by atoms with Gasteiger partial charge in [0.1, 0.15) is 0 Å². The summed E-state index contributed by atoms with van der Waals surface area (Å²) in [5.41, 5.74) is 6.12. The van der Waals surface area contributed by atoms with Crippen LogP contribution in [0.5, 0.6) is 11.5 Å². The second-order valence-corrected chi connectivity index (χ2v) is 3.74. The zero-order chi connectivity index (χ0) is 14.4. The van der Waals surface area contributed by atoms with E-state index in [0.29, 0.717) is 17.2 Å². The standard InChI is InChI=1S/C12H17N3O4/c1-7(11(16)15-12(17)14-2)19-10-6-8(13)4-5-9(10)18-3/h4-7H,13H2,1-3H3,(H2,14,15,16,17). The number of benzene rings is 1. The van der Waals surface area contributed by atoms with Crippen LogP contribution >= 0.6 is 0 Å². The first kappa shape index (κ1) is 14.6. The highest BCUT2D eigenvalue weighted by Crippen LogP contribution is 2.29. The van der Waals surface area contributed by atoms with Crippen molar-refractivity contribution in [2.45, 2.75) is 13.0 Å². The number of hydrogen-bond acceptors (Lipinski definition) is 5. The van der Waals surface area contributed by atoms with E-state index in [0.717, 1.165) is 0 Å². The predicted molar refractivity (Wildman–Crippen MR) is 70.1 cm³/mol. The molecule has 0 bridgehead atoms. The minimum atomic E-state index is -0.868. The van der Waals surface area contributed by atoms with Crippen molar-refractivity contribution in [2.24, 2.45) is 0 Å². The van der Waals surface area contributed by atoms with Gasteiger partial charge in [0.05, 0.1) is 7.11 Å². The van der Waals surface area contributed by atoms with Crippen molar-refractivity contribution in [1.82, 2.24) is 10.6 Å². The predicted octanol–water partition coefficient (Wildman–Crippen LogP) is 0.500. The lowest BCUT2D eigenvalue weighted by Gasteiger charge is -2.16. The Morgan fingerprint density at radius 2 is 2.00 bits per heavy atom. The van der Waals surface area contributed by atoms with Gasteiger partial charge in [-0.3, -0.25) is 10.1 Å². The molecule has 7 nitrogen and oxygen atoms in total. The number of anilines is 1. The van der Waals surface area contributed by atoms with Crippen LogP contribution in [0.15, 0.2) is 18.2 Å². The third-order valence-corrected chi connectivity index (χ3v) is 2.32. The Balaban J connectivity index is 2.76. The molecule has 1 atom stereocenters. The highest BCUT2D eigenvalue weighted by molar-refractivity contribution is 5.96. The third kappa shape index (κ3) is 4.06. The van der Waals surface area contributed by atoms with Crippen molar-refractivity contribution in [1.29, 1.82) is 0 Å². The topological polar surface area (TPSA) is 103 Å². The van der Waals surface area contributed by atoms with Gasteiger partial charge < -0.3 is 20.5 Å². The molecule has 104 valence electrons. The van der Waals surface area contributed by atoms with E-state index in [1.807, 2.05) is 0 Å². The van der Waals surface area contributed by atoms with E-state index in [4.69, 9.17) is 15.2 Å². The van der Waals surface area contributed by atoms with Crippen LogP contribution in [-0.2, 0) is 4.79 Å². The fraction of sp³-hybridized carbons (Fsp3) is 0.333. The van der Waals surface area contributed by atoms with Gasteiger partial charge in [0.2, 0.25) is 0 Å². The summed E-state index contributed by atoms with van der Waals surface area (Å²) >= 11 is 0. The Hall–Kier alpha value is -2.44. The summed E-state index contributed by atoms with van der Waals surface area (Å²) in [6, 6.07) is 4.23. The molecule has 0 aliphatic rings. The lowest BCUT2D eigenvalue weighted by Crippen LogP contribution is -2.44. The fourth-order valence-corrected chi connectivity index (χ4v) is 1.31. The van der Waals surface area contributed by atoms with Gasteiger partial charge in [-0.1, -0.05) is 0 Å². The molecular formula is C12H17N3O4. The van der Waals surface area contributed by atoms with Crippen molar-refractivity contribution in [3.63, 3.8) is 0 Å². The van der Waals surface area contributed by atoms with Crippen molar-refractivity contribution in [3.8, 4) is 11.5 Å². The van der Waals surface area contributed by atoms with E-state index in [-0.39, 0.29) is 0 Å². The van der Waals surface area contributed by atoms with Crippen LogP contribution in [0.2, 0.25) is 0 Å². The Kier molecular flexibility index (Phi) is 4.99. The van der Waals surface area contributed by atoms with E-state index in [9.17, 15) is 9.59 Å². The van der Waals surface area contributed by atoms with Crippen molar-refractivity contribution in [2.75, 3.05) is 19.9 Å². The van der Waals surface area contributed by atoms with Crippen LogP contribution in [0, 0.1) is 0 Å². The molecule has 1 aromatic carbocycles. The largest absolute Gasteiger partial charge is 0.493 e. The molecule has 3 amide bonds. The van der Waals surface area contributed by atoms with E-state index >= 15 is 0 Å². The molecule has 7 heteroatoms. The molecule has 4 N–H and O–H groups in total. The third-order valence-electron chi connectivity index (χ3n) is 2.32. The average molecular weight is 267 g/mol. The summed E-state index contributed by atoms with van der Waals surface area (Å²) in [6.45, 7) is 1.51. The molecule has 0 heterocycles. The molecule has 0 spiro atoms. The minimum absolute atomic E-state index is 0.335. The molecule has 1 aromatic rings. The Morgan fingerprint density at radius 1 is 1.32 bits per heavy atom. The summed E-state index contributed by atoms with van der Waals surface area (Å²) < 4.78 is 10.5. The molecule has 19 heavy (non-hydrogen) atoms. The number of urea groups is 1. The molecule has 0 saturated carbocycles. The van der Waals surface area contributed by atoms with Crippen LogP contribution < -0.4 is 25.8 Å². The maximum absolute atomic E-state index is 11.6. The number of amides is 3. The van der Waals surface area contributed by atoms with Gasteiger partial charge in [-0.15, -0.1) is 0 Å². The zero-order valence-corrected chi connectivity index (χ0v) is 11.0. The van der Waals surface area contributed by atoms with Gasteiger partial charge in [0.25, 0.3) is 5.91 Å². The number of hydrogen-bond donors (Lipinski definition) is 3. The van der Waals surface area contributed by atoms with Crippen LogP contribution in [0.3, 0.4) is 0 Å². The number of ether oxygens (including phenoxy) is 2. The van der Waals surface area contributed by atoms with Gasteiger partial charge >= 0.3 is 6.03 Å². The summed E-state index contributed by atoms with van der Waals surface area (Å²) in [6.07, 6.45) is -0.868. The normalized spacial score (nSPS) is 11.3. The van der Waals surface area contributed by atoms with Crippen LogP contribution in [0.25, 0.3) is 0 Å². The number of carbonyl (C=O) groups is 2. The molecule has 1 rings (SSSR count). The van der Waals surface area contributed by atoms with E-state index in [1.165, 1.54) is 21.1 Å². The Morgan fingerprint density at radius 3 is 2.58 bits per heavy atom. The highest BCUT2D eigenvalue weighted by Gasteiger charge is 2.18. The first-order chi connectivity index (χ1) is 8.97. The molecule has 0 radical (unpaired) electrons.